The molecule has 3 amide bonds. The molecule has 0 aliphatic rings. The lowest BCUT2D eigenvalue weighted by Crippen LogP contribution is -2.32. The first-order valence-electron chi connectivity index (χ1n) is 10.1. The van der Waals surface area contributed by atoms with E-state index in [4.69, 9.17) is 9.47 Å². The van der Waals surface area contributed by atoms with Crippen LogP contribution in [0.4, 0.5) is 5.69 Å². The third kappa shape index (κ3) is 7.42. The van der Waals surface area contributed by atoms with Crippen molar-refractivity contribution in [2.45, 2.75) is 13.8 Å². The zero-order valence-corrected chi connectivity index (χ0v) is 18.3. The first-order chi connectivity index (χ1) is 15.3. The highest BCUT2D eigenvalue weighted by atomic mass is 16.5. The molecule has 170 valence electrons. The number of nitrogens with one attached hydrogen (secondary N) is 3. The van der Waals surface area contributed by atoms with Gasteiger partial charge in [0.1, 0.15) is 12.3 Å². The van der Waals surface area contributed by atoms with E-state index < -0.39 is 30.9 Å². The highest BCUT2D eigenvalue weighted by molar-refractivity contribution is 6.04. The Hall–Kier alpha value is -3.88. The number of esters is 1. The average molecular weight is 441 g/mol. The highest BCUT2D eigenvalue weighted by Gasteiger charge is 2.16. The third-order valence-electron chi connectivity index (χ3n) is 4.23. The van der Waals surface area contributed by atoms with Gasteiger partial charge in [-0.25, -0.2) is 0 Å². The Bertz CT molecular complexity index is 974. The number of benzene rings is 2. The van der Waals surface area contributed by atoms with Crippen LogP contribution in [0.25, 0.3) is 0 Å². The minimum Gasteiger partial charge on any atom is -0.496 e. The summed E-state index contributed by atoms with van der Waals surface area (Å²) in [5.41, 5.74) is 0.879. The Labute approximate surface area is 186 Å². The molecule has 0 heterocycles. The second-order valence-electron chi connectivity index (χ2n) is 7.24. The summed E-state index contributed by atoms with van der Waals surface area (Å²) in [6.07, 6.45) is 0. The number of amides is 3. The summed E-state index contributed by atoms with van der Waals surface area (Å²) in [6.45, 7) is 3.46. The standard InChI is InChI=1S/C23H27N3O6/c1-15(2)12-24-22(29)16-8-4-6-10-18(16)26-20(27)14-32-21(28)13-25-23(30)17-9-5-7-11-19(17)31-3/h4-11,15H,12-14H2,1-3H3,(H,24,29)(H,25,30)(H,26,27). The van der Waals surface area contributed by atoms with Crippen LogP contribution in [-0.4, -0.2) is 50.5 Å². The van der Waals surface area contributed by atoms with Crippen molar-refractivity contribution in [2.24, 2.45) is 5.92 Å². The Morgan fingerprint density at radius 3 is 2.19 bits per heavy atom. The largest absolute Gasteiger partial charge is 0.496 e. The molecule has 9 heteroatoms. The van der Waals surface area contributed by atoms with Gasteiger partial charge in [-0.3, -0.25) is 19.2 Å². The van der Waals surface area contributed by atoms with Gasteiger partial charge >= 0.3 is 5.97 Å². The van der Waals surface area contributed by atoms with Crippen molar-refractivity contribution in [1.29, 1.82) is 0 Å². The molecular weight excluding hydrogens is 414 g/mol. The van der Waals surface area contributed by atoms with Gasteiger partial charge in [-0.2, -0.15) is 0 Å². The van der Waals surface area contributed by atoms with E-state index in [2.05, 4.69) is 16.0 Å². The minimum atomic E-state index is -0.786. The van der Waals surface area contributed by atoms with Crippen LogP contribution < -0.4 is 20.7 Å². The van der Waals surface area contributed by atoms with Gasteiger partial charge < -0.3 is 25.4 Å². The number of rotatable bonds is 10. The molecular formula is C23H27N3O6. The molecule has 9 nitrogen and oxygen atoms in total. The van der Waals surface area contributed by atoms with Crippen LogP contribution in [0.3, 0.4) is 0 Å². The molecule has 2 aromatic carbocycles. The molecule has 0 aliphatic heterocycles. The molecule has 32 heavy (non-hydrogen) atoms. The van der Waals surface area contributed by atoms with E-state index in [1.54, 1.807) is 48.5 Å². The Morgan fingerprint density at radius 2 is 1.50 bits per heavy atom. The highest BCUT2D eigenvalue weighted by Crippen LogP contribution is 2.17. The number of anilines is 1. The van der Waals surface area contributed by atoms with E-state index in [1.165, 1.54) is 7.11 Å². The lowest BCUT2D eigenvalue weighted by atomic mass is 10.1. The summed E-state index contributed by atoms with van der Waals surface area (Å²) in [4.78, 5) is 48.6. The van der Waals surface area contributed by atoms with Gasteiger partial charge in [-0.05, 0) is 30.2 Å². The molecule has 0 fully saturated rings. The van der Waals surface area contributed by atoms with Gasteiger partial charge in [0.25, 0.3) is 17.7 Å². The van der Waals surface area contributed by atoms with Gasteiger partial charge in [0.15, 0.2) is 6.61 Å². The van der Waals surface area contributed by atoms with Crippen LogP contribution in [0, 0.1) is 5.92 Å². The first kappa shape index (κ1) is 24.4. The monoisotopic (exact) mass is 441 g/mol. The van der Waals surface area contributed by atoms with E-state index in [-0.39, 0.29) is 17.4 Å². The molecule has 0 atom stereocenters. The fourth-order valence-electron chi connectivity index (χ4n) is 2.65. The normalized spacial score (nSPS) is 10.2. The molecule has 0 radical (unpaired) electrons. The molecule has 0 aliphatic carbocycles. The quantitative estimate of drug-likeness (QED) is 0.485. The van der Waals surface area contributed by atoms with E-state index in [9.17, 15) is 19.2 Å². The summed E-state index contributed by atoms with van der Waals surface area (Å²) in [7, 11) is 1.44. The average Bonchev–Trinajstić information content (AvgIpc) is 2.79. The number of carbonyl (C=O) groups is 4. The molecule has 0 saturated carbocycles. The van der Waals surface area contributed by atoms with E-state index in [1.807, 2.05) is 13.8 Å². The Balaban J connectivity index is 1.84. The molecule has 2 rings (SSSR count). The van der Waals surface area contributed by atoms with Crippen molar-refractivity contribution in [2.75, 3.05) is 32.1 Å². The van der Waals surface area contributed by atoms with Crippen molar-refractivity contribution >= 4 is 29.4 Å². The maximum Gasteiger partial charge on any atom is 0.325 e. The zero-order chi connectivity index (χ0) is 23.5. The van der Waals surface area contributed by atoms with Crippen molar-refractivity contribution in [1.82, 2.24) is 10.6 Å². The fraction of sp³-hybridized carbons (Fsp3) is 0.304. The summed E-state index contributed by atoms with van der Waals surface area (Å²) >= 11 is 0. The number of hydrogen-bond donors (Lipinski definition) is 3. The van der Waals surface area contributed by atoms with Gasteiger partial charge in [0.2, 0.25) is 0 Å². The van der Waals surface area contributed by atoms with Crippen LogP contribution in [-0.2, 0) is 14.3 Å². The number of para-hydroxylation sites is 2. The van der Waals surface area contributed by atoms with Crippen LogP contribution in [0.2, 0.25) is 0 Å². The number of ether oxygens (including phenoxy) is 2. The van der Waals surface area contributed by atoms with Gasteiger partial charge in [0, 0.05) is 6.54 Å². The molecule has 0 aromatic heterocycles. The summed E-state index contributed by atoms with van der Waals surface area (Å²) in [5.74, 6) is -1.57. The first-order valence-corrected chi connectivity index (χ1v) is 10.1. The molecule has 3 N–H and O–H groups in total. The van der Waals surface area contributed by atoms with E-state index in [0.717, 1.165) is 0 Å². The molecule has 0 bridgehead atoms. The minimum absolute atomic E-state index is 0.271. The van der Waals surface area contributed by atoms with Crippen molar-refractivity contribution < 1.29 is 28.7 Å². The predicted octanol–water partition coefficient (Wildman–Crippen LogP) is 1.99. The second-order valence-corrected chi connectivity index (χ2v) is 7.24. The van der Waals surface area contributed by atoms with E-state index in [0.29, 0.717) is 23.5 Å². The van der Waals surface area contributed by atoms with Gasteiger partial charge in [-0.1, -0.05) is 38.1 Å². The van der Waals surface area contributed by atoms with Crippen LogP contribution in [0.1, 0.15) is 34.6 Å². The smallest absolute Gasteiger partial charge is 0.325 e. The Kier molecular flexibility index (Phi) is 9.22. The molecule has 0 spiro atoms. The predicted molar refractivity (Wildman–Crippen MR) is 119 cm³/mol. The lowest BCUT2D eigenvalue weighted by molar-refractivity contribution is -0.146. The molecule has 2 aromatic rings. The number of methoxy groups -OCH3 is 1. The number of hydrogen-bond acceptors (Lipinski definition) is 6. The maximum absolute atomic E-state index is 12.3. The second kappa shape index (κ2) is 12.1. The van der Waals surface area contributed by atoms with Crippen molar-refractivity contribution in [3.05, 3.63) is 59.7 Å². The summed E-state index contributed by atoms with van der Waals surface area (Å²) < 4.78 is 10.0. The maximum atomic E-state index is 12.3. The van der Waals surface area contributed by atoms with E-state index >= 15 is 0 Å². The van der Waals surface area contributed by atoms with Crippen molar-refractivity contribution in [3.63, 3.8) is 0 Å². The number of carbonyl (C=O) groups excluding carboxylic acids is 4. The third-order valence-corrected chi connectivity index (χ3v) is 4.23. The van der Waals surface area contributed by atoms with Gasteiger partial charge in [0.05, 0.1) is 23.9 Å². The van der Waals surface area contributed by atoms with Gasteiger partial charge in [-0.15, -0.1) is 0 Å². The van der Waals surface area contributed by atoms with Crippen molar-refractivity contribution in [3.8, 4) is 5.75 Å². The lowest BCUT2D eigenvalue weighted by Gasteiger charge is -2.13. The molecule has 0 saturated heterocycles. The van der Waals surface area contributed by atoms with Crippen LogP contribution in [0.5, 0.6) is 5.75 Å². The van der Waals surface area contributed by atoms with Crippen LogP contribution in [0.15, 0.2) is 48.5 Å². The SMILES string of the molecule is COc1ccccc1C(=O)NCC(=O)OCC(=O)Nc1ccccc1C(=O)NCC(C)C. The zero-order valence-electron chi connectivity index (χ0n) is 18.3. The molecule has 0 unspecified atom stereocenters. The van der Waals surface area contributed by atoms with Crippen LogP contribution >= 0.6 is 0 Å². The fourth-order valence-corrected chi connectivity index (χ4v) is 2.65. The summed E-state index contributed by atoms with van der Waals surface area (Å²) in [6, 6.07) is 13.1. The Morgan fingerprint density at radius 1 is 0.875 bits per heavy atom. The summed E-state index contributed by atoms with van der Waals surface area (Å²) in [5, 5.41) is 7.76. The topological polar surface area (TPSA) is 123 Å².